The minimum atomic E-state index is -0.148. The summed E-state index contributed by atoms with van der Waals surface area (Å²) in [5, 5.41) is 6.46. The van der Waals surface area contributed by atoms with Crippen molar-refractivity contribution >= 4 is 29.1 Å². The maximum Gasteiger partial charge on any atom is 0.253 e. The molecule has 0 saturated heterocycles. The first-order valence-electron chi connectivity index (χ1n) is 9.55. The van der Waals surface area contributed by atoms with Crippen LogP contribution in [0.3, 0.4) is 0 Å². The van der Waals surface area contributed by atoms with Crippen molar-refractivity contribution < 1.29 is 9.59 Å². The Morgan fingerprint density at radius 2 is 1.56 bits per heavy atom. The fraction of sp³-hybridized carbons (Fsp3) is 0.600. The van der Waals surface area contributed by atoms with Gasteiger partial charge in [0.2, 0.25) is 5.91 Å². The Balaban J connectivity index is 1.64. The van der Waals surface area contributed by atoms with Gasteiger partial charge in [-0.15, -0.1) is 0 Å². The molecule has 0 bridgehead atoms. The summed E-state index contributed by atoms with van der Waals surface area (Å²) >= 11 is 6.22. The smallest absolute Gasteiger partial charge is 0.253 e. The van der Waals surface area contributed by atoms with E-state index in [2.05, 4.69) is 10.6 Å². The SMILES string of the molecule is O=C(NC1CCCCC1)c1cc(NC(=O)C2CCCCC2)ccc1Cl. The second-order valence-corrected chi connectivity index (χ2v) is 7.73. The van der Waals surface area contributed by atoms with E-state index in [1.807, 2.05) is 0 Å². The van der Waals surface area contributed by atoms with Crippen LogP contribution in [0.4, 0.5) is 5.69 Å². The Bertz CT molecular complexity index is 620. The fourth-order valence-electron chi connectivity index (χ4n) is 3.90. The highest BCUT2D eigenvalue weighted by atomic mass is 35.5. The van der Waals surface area contributed by atoms with Gasteiger partial charge >= 0.3 is 0 Å². The van der Waals surface area contributed by atoms with Gasteiger partial charge in [-0.1, -0.05) is 50.1 Å². The van der Waals surface area contributed by atoms with Crippen LogP contribution in [0.15, 0.2) is 18.2 Å². The average molecular weight is 363 g/mol. The molecule has 1 aromatic carbocycles. The second-order valence-electron chi connectivity index (χ2n) is 7.33. The highest BCUT2D eigenvalue weighted by Crippen LogP contribution is 2.26. The molecule has 2 amide bonds. The molecule has 5 heteroatoms. The number of benzene rings is 1. The summed E-state index contributed by atoms with van der Waals surface area (Å²) in [5.74, 6) is -0.00438. The van der Waals surface area contributed by atoms with Crippen molar-refractivity contribution in [3.63, 3.8) is 0 Å². The van der Waals surface area contributed by atoms with E-state index in [-0.39, 0.29) is 23.8 Å². The van der Waals surface area contributed by atoms with Crippen molar-refractivity contribution in [2.75, 3.05) is 5.32 Å². The maximum atomic E-state index is 12.6. The predicted octanol–water partition coefficient (Wildman–Crippen LogP) is 4.92. The lowest BCUT2D eigenvalue weighted by Crippen LogP contribution is -2.36. The maximum absolute atomic E-state index is 12.6. The fourth-order valence-corrected chi connectivity index (χ4v) is 4.10. The highest BCUT2D eigenvalue weighted by molar-refractivity contribution is 6.34. The molecule has 0 unspecified atom stereocenters. The lowest BCUT2D eigenvalue weighted by molar-refractivity contribution is -0.120. The molecule has 0 aliphatic heterocycles. The van der Waals surface area contributed by atoms with Crippen LogP contribution in [-0.2, 0) is 4.79 Å². The van der Waals surface area contributed by atoms with E-state index in [0.717, 1.165) is 51.4 Å². The summed E-state index contributed by atoms with van der Waals surface area (Å²) < 4.78 is 0. The number of rotatable bonds is 4. The van der Waals surface area contributed by atoms with E-state index in [1.54, 1.807) is 18.2 Å². The number of carbonyl (C=O) groups excluding carboxylic acids is 2. The second kappa shape index (κ2) is 8.70. The Labute approximate surface area is 154 Å². The molecular formula is C20H27ClN2O2. The van der Waals surface area contributed by atoms with Gasteiger partial charge in [0.1, 0.15) is 0 Å². The molecule has 1 aromatic rings. The van der Waals surface area contributed by atoms with E-state index in [0.29, 0.717) is 16.3 Å². The number of nitrogens with one attached hydrogen (secondary N) is 2. The highest BCUT2D eigenvalue weighted by Gasteiger charge is 2.22. The molecule has 3 rings (SSSR count). The monoisotopic (exact) mass is 362 g/mol. The van der Waals surface area contributed by atoms with Gasteiger partial charge in [-0.25, -0.2) is 0 Å². The summed E-state index contributed by atoms with van der Waals surface area (Å²) in [4.78, 5) is 25.0. The lowest BCUT2D eigenvalue weighted by Gasteiger charge is -2.23. The molecule has 2 aliphatic carbocycles. The van der Waals surface area contributed by atoms with Crippen LogP contribution in [0, 0.1) is 5.92 Å². The van der Waals surface area contributed by atoms with Crippen LogP contribution >= 0.6 is 11.6 Å². The number of carbonyl (C=O) groups is 2. The molecule has 136 valence electrons. The minimum Gasteiger partial charge on any atom is -0.349 e. The normalized spacial score (nSPS) is 19.4. The molecular weight excluding hydrogens is 336 g/mol. The third-order valence-corrected chi connectivity index (χ3v) is 5.72. The molecule has 2 saturated carbocycles. The van der Waals surface area contributed by atoms with Gasteiger partial charge in [0.05, 0.1) is 10.6 Å². The average Bonchev–Trinajstić information content (AvgIpc) is 2.64. The van der Waals surface area contributed by atoms with E-state index >= 15 is 0 Å². The van der Waals surface area contributed by atoms with Crippen LogP contribution in [-0.4, -0.2) is 17.9 Å². The van der Waals surface area contributed by atoms with Crippen molar-refractivity contribution in [3.8, 4) is 0 Å². The Kier molecular flexibility index (Phi) is 6.35. The summed E-state index contributed by atoms with van der Waals surface area (Å²) in [5.41, 5.74) is 1.09. The molecule has 0 atom stereocenters. The first-order valence-corrected chi connectivity index (χ1v) is 9.92. The standard InChI is InChI=1S/C20H27ClN2O2/c21-18-12-11-16(23-19(24)14-7-3-1-4-8-14)13-17(18)20(25)22-15-9-5-2-6-10-15/h11-15H,1-10H2,(H,22,25)(H,23,24). The summed E-state index contributed by atoms with van der Waals surface area (Å²) in [6.45, 7) is 0. The van der Waals surface area contributed by atoms with Crippen LogP contribution in [0.2, 0.25) is 5.02 Å². The summed E-state index contributed by atoms with van der Waals surface area (Å²) in [7, 11) is 0. The Morgan fingerprint density at radius 1 is 0.920 bits per heavy atom. The molecule has 0 heterocycles. The van der Waals surface area contributed by atoms with Gasteiger partial charge in [0, 0.05) is 17.6 Å². The van der Waals surface area contributed by atoms with Crippen molar-refractivity contribution in [1.82, 2.24) is 5.32 Å². The number of amides is 2. The molecule has 25 heavy (non-hydrogen) atoms. The van der Waals surface area contributed by atoms with Crippen molar-refractivity contribution in [2.45, 2.75) is 70.3 Å². The van der Waals surface area contributed by atoms with Gasteiger partial charge < -0.3 is 10.6 Å². The first kappa shape index (κ1) is 18.2. The molecule has 0 spiro atoms. The van der Waals surface area contributed by atoms with Gasteiger partial charge in [-0.2, -0.15) is 0 Å². The molecule has 2 aliphatic rings. The van der Waals surface area contributed by atoms with E-state index in [4.69, 9.17) is 11.6 Å². The summed E-state index contributed by atoms with van der Waals surface area (Å²) in [6.07, 6.45) is 11.0. The van der Waals surface area contributed by atoms with Gasteiger partial charge in [-0.3, -0.25) is 9.59 Å². The third kappa shape index (κ3) is 4.97. The topological polar surface area (TPSA) is 58.2 Å². The van der Waals surface area contributed by atoms with Crippen molar-refractivity contribution in [2.24, 2.45) is 5.92 Å². The Hall–Kier alpha value is -1.55. The zero-order valence-electron chi connectivity index (χ0n) is 14.7. The first-order chi connectivity index (χ1) is 12.1. The van der Waals surface area contributed by atoms with Gasteiger partial charge in [0.15, 0.2) is 0 Å². The van der Waals surface area contributed by atoms with E-state index in [1.165, 1.54) is 12.8 Å². The van der Waals surface area contributed by atoms with Crippen molar-refractivity contribution in [1.29, 1.82) is 0 Å². The van der Waals surface area contributed by atoms with Gasteiger partial charge in [0.25, 0.3) is 5.91 Å². The molecule has 2 fully saturated rings. The largest absolute Gasteiger partial charge is 0.349 e. The summed E-state index contributed by atoms with van der Waals surface area (Å²) in [6, 6.07) is 5.38. The minimum absolute atomic E-state index is 0.0562. The number of hydrogen-bond donors (Lipinski definition) is 2. The van der Waals surface area contributed by atoms with Crippen molar-refractivity contribution in [3.05, 3.63) is 28.8 Å². The number of anilines is 1. The van der Waals surface area contributed by atoms with Crippen LogP contribution < -0.4 is 10.6 Å². The van der Waals surface area contributed by atoms with Crippen LogP contribution in [0.1, 0.15) is 74.6 Å². The third-order valence-electron chi connectivity index (χ3n) is 5.39. The predicted molar refractivity (Wildman–Crippen MR) is 101 cm³/mol. The zero-order valence-corrected chi connectivity index (χ0v) is 15.4. The lowest BCUT2D eigenvalue weighted by atomic mass is 9.88. The molecule has 2 N–H and O–H groups in total. The molecule has 0 radical (unpaired) electrons. The quantitative estimate of drug-likeness (QED) is 0.798. The van der Waals surface area contributed by atoms with E-state index < -0.39 is 0 Å². The van der Waals surface area contributed by atoms with Crippen LogP contribution in [0.25, 0.3) is 0 Å². The van der Waals surface area contributed by atoms with E-state index in [9.17, 15) is 9.59 Å². The number of hydrogen-bond acceptors (Lipinski definition) is 2. The molecule has 0 aromatic heterocycles. The van der Waals surface area contributed by atoms with Crippen LogP contribution in [0.5, 0.6) is 0 Å². The van der Waals surface area contributed by atoms with Gasteiger partial charge in [-0.05, 0) is 43.9 Å². The zero-order chi connectivity index (χ0) is 17.6. The Morgan fingerprint density at radius 3 is 2.24 bits per heavy atom. The molecule has 4 nitrogen and oxygen atoms in total. The number of halogens is 1.